The van der Waals surface area contributed by atoms with Gasteiger partial charge in [-0.3, -0.25) is 9.48 Å². The molecule has 3 rings (SSSR count). The fourth-order valence-corrected chi connectivity index (χ4v) is 3.81. The molecule has 140 valence electrons. The van der Waals surface area contributed by atoms with Gasteiger partial charge in [0.05, 0.1) is 5.69 Å². The second kappa shape index (κ2) is 8.76. The summed E-state index contributed by atoms with van der Waals surface area (Å²) < 4.78 is 2.73. The number of carbonyl (C=O) groups excluding carboxylic acids is 1. The van der Waals surface area contributed by atoms with E-state index in [1.807, 2.05) is 74.3 Å². The number of aromatic nitrogens is 2. The number of nitrogens with zero attached hydrogens (tertiary/aromatic N) is 2. The highest BCUT2D eigenvalue weighted by Gasteiger charge is 2.18. The van der Waals surface area contributed by atoms with Gasteiger partial charge in [-0.15, -0.1) is 0 Å². The van der Waals surface area contributed by atoms with E-state index in [2.05, 4.69) is 33.3 Å². The largest absolute Gasteiger partial charge is 0.306 e. The Hall–Kier alpha value is -2.05. The number of aryl methyl sites for hydroxylation is 2. The average molecular weight is 444 g/mol. The molecule has 0 unspecified atom stereocenters. The number of thioether (sulfide) groups is 1. The summed E-state index contributed by atoms with van der Waals surface area (Å²) in [7, 11) is 1.84. The van der Waals surface area contributed by atoms with Gasteiger partial charge in [-0.05, 0) is 48.1 Å². The van der Waals surface area contributed by atoms with Crippen LogP contribution in [0.2, 0.25) is 0 Å². The Morgan fingerprint density at radius 2 is 1.81 bits per heavy atom. The second-order valence-electron chi connectivity index (χ2n) is 6.23. The van der Waals surface area contributed by atoms with Crippen molar-refractivity contribution in [3.8, 4) is 11.1 Å². The van der Waals surface area contributed by atoms with E-state index < -0.39 is 0 Å². The number of amides is 1. The van der Waals surface area contributed by atoms with Crippen molar-refractivity contribution in [1.29, 1.82) is 0 Å². The Kier molecular flexibility index (Phi) is 6.39. The standard InChI is InChI=1S/C21H22BrN3OS/c1-4-27-13-15-5-7-17(8-6-15)21(26)23-20-19(14(2)24-25(20)3)16-9-11-18(22)12-10-16/h5-12H,4,13H2,1-3H3,(H,23,26). The molecule has 0 saturated carbocycles. The summed E-state index contributed by atoms with van der Waals surface area (Å²) in [6, 6.07) is 15.8. The maximum Gasteiger partial charge on any atom is 0.256 e. The number of anilines is 1. The first-order valence-corrected chi connectivity index (χ1v) is 10.7. The lowest BCUT2D eigenvalue weighted by Gasteiger charge is -2.10. The van der Waals surface area contributed by atoms with Crippen LogP contribution >= 0.6 is 27.7 Å². The van der Waals surface area contributed by atoms with Gasteiger partial charge in [0.1, 0.15) is 5.82 Å². The third-order valence-electron chi connectivity index (χ3n) is 4.28. The summed E-state index contributed by atoms with van der Waals surface area (Å²) in [5.41, 5.74) is 4.70. The lowest BCUT2D eigenvalue weighted by Crippen LogP contribution is -2.15. The average Bonchev–Trinajstić information content (AvgIpc) is 2.94. The molecule has 1 N–H and O–H groups in total. The molecule has 1 aromatic heterocycles. The van der Waals surface area contributed by atoms with Crippen LogP contribution in [0, 0.1) is 6.92 Å². The molecule has 0 fully saturated rings. The van der Waals surface area contributed by atoms with Gasteiger partial charge in [-0.2, -0.15) is 16.9 Å². The van der Waals surface area contributed by atoms with Crippen molar-refractivity contribution in [3.05, 3.63) is 69.8 Å². The second-order valence-corrected chi connectivity index (χ2v) is 8.42. The molecule has 0 aliphatic rings. The molecule has 6 heteroatoms. The maximum absolute atomic E-state index is 12.8. The summed E-state index contributed by atoms with van der Waals surface area (Å²) in [4.78, 5) is 12.8. The maximum atomic E-state index is 12.8. The topological polar surface area (TPSA) is 46.9 Å². The fourth-order valence-electron chi connectivity index (χ4n) is 2.92. The van der Waals surface area contributed by atoms with Crippen LogP contribution in [-0.4, -0.2) is 21.4 Å². The first-order valence-electron chi connectivity index (χ1n) is 8.77. The highest BCUT2D eigenvalue weighted by Crippen LogP contribution is 2.32. The molecule has 0 bridgehead atoms. The van der Waals surface area contributed by atoms with Gasteiger partial charge >= 0.3 is 0 Å². The van der Waals surface area contributed by atoms with Crippen molar-refractivity contribution < 1.29 is 4.79 Å². The summed E-state index contributed by atoms with van der Waals surface area (Å²) >= 11 is 5.33. The smallest absolute Gasteiger partial charge is 0.256 e. The van der Waals surface area contributed by atoms with E-state index in [4.69, 9.17) is 0 Å². The van der Waals surface area contributed by atoms with Crippen LogP contribution in [0.5, 0.6) is 0 Å². The van der Waals surface area contributed by atoms with Crippen molar-refractivity contribution in [1.82, 2.24) is 9.78 Å². The van der Waals surface area contributed by atoms with Gasteiger partial charge < -0.3 is 5.32 Å². The first-order chi connectivity index (χ1) is 13.0. The molecule has 0 radical (unpaired) electrons. The van der Waals surface area contributed by atoms with Crippen molar-refractivity contribution in [2.75, 3.05) is 11.1 Å². The Morgan fingerprint density at radius 3 is 2.44 bits per heavy atom. The van der Waals surface area contributed by atoms with E-state index in [1.165, 1.54) is 5.56 Å². The summed E-state index contributed by atoms with van der Waals surface area (Å²) in [5, 5.41) is 7.53. The minimum atomic E-state index is -0.133. The van der Waals surface area contributed by atoms with E-state index in [1.54, 1.807) is 4.68 Å². The molecular weight excluding hydrogens is 422 g/mol. The lowest BCUT2D eigenvalue weighted by molar-refractivity contribution is 0.102. The van der Waals surface area contributed by atoms with Crippen molar-refractivity contribution in [3.63, 3.8) is 0 Å². The van der Waals surface area contributed by atoms with Crippen molar-refractivity contribution >= 4 is 39.4 Å². The SMILES string of the molecule is CCSCc1ccc(C(=O)Nc2c(-c3ccc(Br)cc3)c(C)nn2C)cc1. The highest BCUT2D eigenvalue weighted by molar-refractivity contribution is 9.10. The number of hydrogen-bond acceptors (Lipinski definition) is 3. The predicted octanol–water partition coefficient (Wildman–Crippen LogP) is 5.66. The third-order valence-corrected chi connectivity index (χ3v) is 5.75. The Morgan fingerprint density at radius 1 is 1.15 bits per heavy atom. The molecule has 0 aliphatic heterocycles. The van der Waals surface area contributed by atoms with E-state index >= 15 is 0 Å². The van der Waals surface area contributed by atoms with E-state index in [0.717, 1.165) is 32.8 Å². The molecule has 0 saturated heterocycles. The van der Waals surface area contributed by atoms with Crippen LogP contribution in [0.1, 0.15) is 28.5 Å². The molecule has 1 heterocycles. The number of rotatable bonds is 6. The fraction of sp³-hybridized carbons (Fsp3) is 0.238. The number of benzene rings is 2. The van der Waals surface area contributed by atoms with Gasteiger partial charge in [0, 0.05) is 28.4 Å². The summed E-state index contributed by atoms with van der Waals surface area (Å²) in [6.45, 7) is 4.10. The van der Waals surface area contributed by atoms with Crippen LogP contribution in [0.25, 0.3) is 11.1 Å². The summed E-state index contributed by atoms with van der Waals surface area (Å²) in [6.07, 6.45) is 0. The van der Waals surface area contributed by atoms with E-state index in [9.17, 15) is 4.79 Å². The predicted molar refractivity (Wildman–Crippen MR) is 117 cm³/mol. The number of carbonyl (C=O) groups is 1. The zero-order chi connectivity index (χ0) is 19.4. The number of hydrogen-bond donors (Lipinski definition) is 1. The third kappa shape index (κ3) is 4.62. The Labute approximate surface area is 172 Å². The molecule has 0 aliphatic carbocycles. The van der Waals surface area contributed by atoms with Crippen molar-refractivity contribution in [2.24, 2.45) is 7.05 Å². The van der Waals surface area contributed by atoms with Crippen LogP contribution in [0.3, 0.4) is 0 Å². The van der Waals surface area contributed by atoms with Gasteiger partial charge in [-0.1, -0.05) is 47.1 Å². The Bertz CT molecular complexity index is 933. The monoisotopic (exact) mass is 443 g/mol. The number of nitrogens with one attached hydrogen (secondary N) is 1. The van der Waals surface area contributed by atoms with E-state index in [0.29, 0.717) is 11.4 Å². The lowest BCUT2D eigenvalue weighted by atomic mass is 10.1. The van der Waals surface area contributed by atoms with Crippen LogP contribution in [0.15, 0.2) is 53.0 Å². The summed E-state index contributed by atoms with van der Waals surface area (Å²) in [5.74, 6) is 2.62. The quantitative estimate of drug-likeness (QED) is 0.534. The first kappa shape index (κ1) is 19.7. The Balaban J connectivity index is 1.85. The molecule has 1 amide bonds. The zero-order valence-electron chi connectivity index (χ0n) is 15.6. The number of halogens is 1. The molecule has 0 spiro atoms. The van der Waals surface area contributed by atoms with Gasteiger partial charge in [0.15, 0.2) is 0 Å². The van der Waals surface area contributed by atoms with Crippen LogP contribution in [-0.2, 0) is 12.8 Å². The molecular formula is C21H22BrN3OS. The van der Waals surface area contributed by atoms with Crippen molar-refractivity contribution in [2.45, 2.75) is 19.6 Å². The highest BCUT2D eigenvalue weighted by atomic mass is 79.9. The van der Waals surface area contributed by atoms with Gasteiger partial charge in [0.2, 0.25) is 0 Å². The molecule has 0 atom stereocenters. The molecule has 27 heavy (non-hydrogen) atoms. The zero-order valence-corrected chi connectivity index (χ0v) is 18.0. The minimum Gasteiger partial charge on any atom is -0.306 e. The van der Waals surface area contributed by atoms with Gasteiger partial charge in [-0.25, -0.2) is 0 Å². The minimum absolute atomic E-state index is 0.133. The van der Waals surface area contributed by atoms with E-state index in [-0.39, 0.29) is 5.91 Å². The molecule has 4 nitrogen and oxygen atoms in total. The van der Waals surface area contributed by atoms with Gasteiger partial charge in [0.25, 0.3) is 5.91 Å². The molecule has 3 aromatic rings. The van der Waals surface area contributed by atoms with Crippen LogP contribution in [0.4, 0.5) is 5.82 Å². The normalized spacial score (nSPS) is 10.8. The van der Waals surface area contributed by atoms with Crippen LogP contribution < -0.4 is 5.32 Å². The molecule has 2 aromatic carbocycles.